The third kappa shape index (κ3) is 3.90. The molecule has 2 aliphatic rings. The average Bonchev–Trinajstić information content (AvgIpc) is 3.22. The summed E-state index contributed by atoms with van der Waals surface area (Å²) < 4.78 is 5.91. The number of carbonyl (C=O) groups excluding carboxylic acids is 1. The van der Waals surface area contributed by atoms with E-state index >= 15 is 0 Å². The van der Waals surface area contributed by atoms with Crippen molar-refractivity contribution in [1.82, 2.24) is 24.8 Å². The van der Waals surface area contributed by atoms with Crippen molar-refractivity contribution in [2.24, 2.45) is 0 Å². The topological polar surface area (TPSA) is 84.3 Å². The zero-order chi connectivity index (χ0) is 18.8. The molecule has 0 saturated carbocycles. The van der Waals surface area contributed by atoms with E-state index in [1.807, 2.05) is 13.0 Å². The third-order valence-electron chi connectivity index (χ3n) is 4.92. The normalized spacial score (nSPS) is 20.1. The average molecular weight is 368 g/mol. The van der Waals surface area contributed by atoms with Crippen molar-refractivity contribution in [1.29, 1.82) is 0 Å². The monoisotopic (exact) mass is 368 g/mol. The number of carbonyl (C=O) groups is 1. The number of morpholine rings is 1. The lowest BCUT2D eigenvalue weighted by Crippen LogP contribution is -2.43. The summed E-state index contributed by atoms with van der Waals surface area (Å²) in [6.07, 6.45) is 3.87. The van der Waals surface area contributed by atoms with Gasteiger partial charge in [0.2, 0.25) is 5.95 Å². The van der Waals surface area contributed by atoms with E-state index in [0.29, 0.717) is 31.2 Å². The molecule has 2 aromatic rings. The molecule has 0 bridgehead atoms. The second-order valence-electron chi connectivity index (χ2n) is 7.03. The highest BCUT2D eigenvalue weighted by Crippen LogP contribution is 2.24. The molecule has 0 aliphatic carbocycles. The van der Waals surface area contributed by atoms with Gasteiger partial charge in [-0.05, 0) is 38.8 Å². The number of aromatic nitrogens is 4. The molecule has 142 valence electrons. The molecule has 0 N–H and O–H groups in total. The minimum absolute atomic E-state index is 0.0919. The van der Waals surface area contributed by atoms with Crippen molar-refractivity contribution >= 4 is 11.9 Å². The van der Waals surface area contributed by atoms with E-state index in [1.165, 1.54) is 12.8 Å². The quantitative estimate of drug-likeness (QED) is 0.815. The van der Waals surface area contributed by atoms with Crippen molar-refractivity contribution in [3.8, 4) is 0 Å². The highest BCUT2D eigenvalue weighted by atomic mass is 16.5. The molecular formula is C19H24N6O2. The number of aryl methyl sites for hydroxylation is 2. The zero-order valence-corrected chi connectivity index (χ0v) is 15.8. The van der Waals surface area contributed by atoms with Crippen LogP contribution in [0.3, 0.4) is 0 Å². The van der Waals surface area contributed by atoms with Crippen LogP contribution >= 0.6 is 0 Å². The Bertz CT molecular complexity index is 816. The van der Waals surface area contributed by atoms with E-state index in [4.69, 9.17) is 9.72 Å². The van der Waals surface area contributed by atoms with Crippen molar-refractivity contribution in [3.05, 3.63) is 41.2 Å². The molecule has 2 aromatic heterocycles. The van der Waals surface area contributed by atoms with Gasteiger partial charge in [0.15, 0.2) is 0 Å². The molecule has 2 aliphatic heterocycles. The standard InChI is InChI=1S/C19H24N6O2/c1-13-11-16(22-14(2)21-13)18(26)25-9-10-27-17(12-25)15-5-6-20-19(23-15)24-7-3-4-8-24/h5-6,11,17H,3-4,7-10,12H2,1-2H3. The Labute approximate surface area is 158 Å². The fourth-order valence-electron chi connectivity index (χ4n) is 3.61. The molecule has 8 nitrogen and oxygen atoms in total. The maximum absolute atomic E-state index is 12.9. The third-order valence-corrected chi connectivity index (χ3v) is 4.92. The number of nitrogens with zero attached hydrogens (tertiary/aromatic N) is 6. The zero-order valence-electron chi connectivity index (χ0n) is 15.8. The molecule has 2 fully saturated rings. The van der Waals surface area contributed by atoms with Gasteiger partial charge in [-0.1, -0.05) is 0 Å². The number of rotatable bonds is 3. The highest BCUT2D eigenvalue weighted by Gasteiger charge is 2.28. The number of hydrogen-bond donors (Lipinski definition) is 0. The van der Waals surface area contributed by atoms with Gasteiger partial charge in [-0.15, -0.1) is 0 Å². The summed E-state index contributed by atoms with van der Waals surface area (Å²) in [7, 11) is 0. The van der Waals surface area contributed by atoms with Gasteiger partial charge in [0.1, 0.15) is 17.6 Å². The van der Waals surface area contributed by atoms with Gasteiger partial charge in [0, 0.05) is 31.5 Å². The van der Waals surface area contributed by atoms with Crippen molar-refractivity contribution in [2.75, 3.05) is 37.7 Å². The van der Waals surface area contributed by atoms with Crippen molar-refractivity contribution < 1.29 is 9.53 Å². The lowest BCUT2D eigenvalue weighted by atomic mass is 10.2. The maximum atomic E-state index is 12.9. The van der Waals surface area contributed by atoms with Crippen LogP contribution in [-0.2, 0) is 4.74 Å². The van der Waals surface area contributed by atoms with Crippen LogP contribution in [0.25, 0.3) is 0 Å². The molecule has 4 rings (SSSR count). The molecule has 2 saturated heterocycles. The maximum Gasteiger partial charge on any atom is 0.272 e. The first-order valence-electron chi connectivity index (χ1n) is 9.41. The fourth-order valence-corrected chi connectivity index (χ4v) is 3.61. The SMILES string of the molecule is Cc1cc(C(=O)N2CCOC(c3ccnc(N4CCCC4)n3)C2)nc(C)n1. The van der Waals surface area contributed by atoms with Crippen LogP contribution in [0.15, 0.2) is 18.3 Å². The van der Waals surface area contributed by atoms with Gasteiger partial charge in [-0.2, -0.15) is 0 Å². The molecule has 8 heteroatoms. The molecular weight excluding hydrogens is 344 g/mol. The molecule has 0 spiro atoms. The summed E-state index contributed by atoms with van der Waals surface area (Å²) in [4.78, 5) is 34.5. The Morgan fingerprint density at radius 1 is 1.15 bits per heavy atom. The number of amides is 1. The molecule has 1 unspecified atom stereocenters. The minimum atomic E-state index is -0.254. The number of hydrogen-bond acceptors (Lipinski definition) is 7. The van der Waals surface area contributed by atoms with E-state index in [-0.39, 0.29) is 12.0 Å². The lowest BCUT2D eigenvalue weighted by Gasteiger charge is -2.32. The fraction of sp³-hybridized carbons (Fsp3) is 0.526. The van der Waals surface area contributed by atoms with Crippen LogP contribution in [-0.4, -0.2) is 63.5 Å². The van der Waals surface area contributed by atoms with E-state index in [9.17, 15) is 4.79 Å². The molecule has 27 heavy (non-hydrogen) atoms. The summed E-state index contributed by atoms with van der Waals surface area (Å²) >= 11 is 0. The predicted molar refractivity (Wildman–Crippen MR) is 99.6 cm³/mol. The Kier molecular flexibility index (Phi) is 4.98. The van der Waals surface area contributed by atoms with Gasteiger partial charge in [0.05, 0.1) is 18.8 Å². The van der Waals surface area contributed by atoms with Crippen LogP contribution in [0.1, 0.15) is 46.6 Å². The van der Waals surface area contributed by atoms with E-state index in [2.05, 4.69) is 19.9 Å². The Balaban J connectivity index is 1.51. The molecule has 1 amide bonds. The molecule has 4 heterocycles. The van der Waals surface area contributed by atoms with Gasteiger partial charge in [-0.25, -0.2) is 19.9 Å². The van der Waals surface area contributed by atoms with Gasteiger partial charge in [-0.3, -0.25) is 4.79 Å². The van der Waals surface area contributed by atoms with Gasteiger partial charge < -0.3 is 14.5 Å². The van der Waals surface area contributed by atoms with Crippen LogP contribution < -0.4 is 4.90 Å². The van der Waals surface area contributed by atoms with Crippen molar-refractivity contribution in [2.45, 2.75) is 32.8 Å². The highest BCUT2D eigenvalue weighted by molar-refractivity contribution is 5.92. The van der Waals surface area contributed by atoms with Crippen molar-refractivity contribution in [3.63, 3.8) is 0 Å². The smallest absolute Gasteiger partial charge is 0.272 e. The summed E-state index contributed by atoms with van der Waals surface area (Å²) in [5.41, 5.74) is 2.04. The number of ether oxygens (including phenoxy) is 1. The summed E-state index contributed by atoms with van der Waals surface area (Å²) in [5, 5.41) is 0. The Morgan fingerprint density at radius 3 is 2.74 bits per heavy atom. The van der Waals surface area contributed by atoms with E-state index in [0.717, 1.165) is 30.4 Å². The molecule has 1 atom stereocenters. The van der Waals surface area contributed by atoms with Crippen LogP contribution in [0.4, 0.5) is 5.95 Å². The summed E-state index contributed by atoms with van der Waals surface area (Å²) in [6.45, 7) is 7.13. The Morgan fingerprint density at radius 2 is 1.96 bits per heavy atom. The molecule has 0 aromatic carbocycles. The van der Waals surface area contributed by atoms with Gasteiger partial charge in [0.25, 0.3) is 5.91 Å². The first-order valence-corrected chi connectivity index (χ1v) is 9.41. The van der Waals surface area contributed by atoms with Crippen LogP contribution in [0.5, 0.6) is 0 Å². The van der Waals surface area contributed by atoms with Crippen LogP contribution in [0.2, 0.25) is 0 Å². The summed E-state index contributed by atoms with van der Waals surface area (Å²) in [5.74, 6) is 1.26. The predicted octanol–water partition coefficient (Wildman–Crippen LogP) is 1.70. The van der Waals surface area contributed by atoms with E-state index in [1.54, 1.807) is 24.1 Å². The molecule has 0 radical (unpaired) electrons. The van der Waals surface area contributed by atoms with Crippen LogP contribution in [0, 0.1) is 13.8 Å². The minimum Gasteiger partial charge on any atom is -0.368 e. The Hall–Kier alpha value is -2.61. The largest absolute Gasteiger partial charge is 0.368 e. The lowest BCUT2D eigenvalue weighted by molar-refractivity contribution is -0.0249. The second-order valence-corrected chi connectivity index (χ2v) is 7.03. The van der Waals surface area contributed by atoms with E-state index < -0.39 is 0 Å². The van der Waals surface area contributed by atoms with Gasteiger partial charge >= 0.3 is 0 Å². The second kappa shape index (κ2) is 7.56. The first kappa shape index (κ1) is 17.8. The summed E-state index contributed by atoms with van der Waals surface area (Å²) in [6, 6.07) is 3.60. The number of anilines is 1. The first-order chi connectivity index (χ1) is 13.1.